The van der Waals surface area contributed by atoms with Gasteiger partial charge in [-0.15, -0.1) is 0 Å². The Labute approximate surface area is 423 Å². The minimum absolute atomic E-state index is 0.0713. The molecule has 0 aromatic carbocycles. The second-order valence-corrected chi connectivity index (χ2v) is 20.3. The average Bonchev–Trinajstić information content (AvgIpc) is 3.34. The molecule has 0 fully saturated rings. The van der Waals surface area contributed by atoms with E-state index in [9.17, 15) is 14.4 Å². The first-order valence-electron chi connectivity index (χ1n) is 30.0. The Morgan fingerprint density at radius 1 is 0.294 bits per heavy atom. The van der Waals surface area contributed by atoms with Gasteiger partial charge >= 0.3 is 17.9 Å². The summed E-state index contributed by atoms with van der Waals surface area (Å²) in [7, 11) is 0. The van der Waals surface area contributed by atoms with Crippen molar-refractivity contribution in [1.29, 1.82) is 0 Å². The van der Waals surface area contributed by atoms with Crippen molar-refractivity contribution in [2.24, 2.45) is 0 Å². The molecule has 0 heterocycles. The molecule has 0 aliphatic rings. The Morgan fingerprint density at radius 2 is 0.529 bits per heavy atom. The molecule has 0 spiro atoms. The molecule has 0 N–H and O–H groups in total. The topological polar surface area (TPSA) is 78.9 Å². The summed E-state index contributed by atoms with van der Waals surface area (Å²) in [6.07, 6.45) is 68.5. The first-order chi connectivity index (χ1) is 33.5. The van der Waals surface area contributed by atoms with Crippen molar-refractivity contribution in [3.05, 3.63) is 36.5 Å². The van der Waals surface area contributed by atoms with E-state index >= 15 is 0 Å². The van der Waals surface area contributed by atoms with Gasteiger partial charge in [-0.3, -0.25) is 14.4 Å². The van der Waals surface area contributed by atoms with Crippen LogP contribution in [0.3, 0.4) is 0 Å². The lowest BCUT2D eigenvalue weighted by Gasteiger charge is -2.18. The zero-order chi connectivity index (χ0) is 49.3. The quantitative estimate of drug-likeness (QED) is 0.0262. The molecule has 0 bridgehead atoms. The minimum Gasteiger partial charge on any atom is -0.462 e. The minimum atomic E-state index is -0.773. The monoisotopic (exact) mass is 955 g/mol. The zero-order valence-corrected chi connectivity index (χ0v) is 45.6. The average molecular weight is 956 g/mol. The first-order valence-corrected chi connectivity index (χ1v) is 30.0. The molecule has 0 aliphatic carbocycles. The number of unbranched alkanes of at least 4 members (excludes halogenated alkanes) is 38. The molecule has 0 aromatic heterocycles. The summed E-state index contributed by atoms with van der Waals surface area (Å²) in [6, 6.07) is 0. The van der Waals surface area contributed by atoms with Gasteiger partial charge in [0.15, 0.2) is 6.10 Å². The molecule has 6 nitrogen and oxygen atoms in total. The molecule has 398 valence electrons. The highest BCUT2D eigenvalue weighted by Crippen LogP contribution is 2.16. The van der Waals surface area contributed by atoms with Gasteiger partial charge < -0.3 is 14.2 Å². The smallest absolute Gasteiger partial charge is 0.306 e. The standard InChI is InChI=1S/C62H114O6/c1-4-7-10-13-16-19-22-25-27-29-31-33-34-37-40-43-46-49-52-55-61(64)67-58-59(57-66-60(63)54-51-48-45-42-39-36-24-21-18-15-12-9-6-3)68-62(65)56-53-50-47-44-41-38-35-32-30-28-26-23-20-17-14-11-8-5-2/h16,19,25,27-28,30,59H,4-15,17-18,20-24,26,29,31-58H2,1-3H3/b19-16-,27-25-,30-28-. The van der Waals surface area contributed by atoms with E-state index in [4.69, 9.17) is 14.2 Å². The van der Waals surface area contributed by atoms with Crippen molar-refractivity contribution in [2.75, 3.05) is 13.2 Å². The summed E-state index contributed by atoms with van der Waals surface area (Å²) in [6.45, 7) is 6.65. The summed E-state index contributed by atoms with van der Waals surface area (Å²) >= 11 is 0. The predicted molar refractivity (Wildman–Crippen MR) is 293 cm³/mol. The molecule has 0 aliphatic heterocycles. The Hall–Kier alpha value is -2.37. The summed E-state index contributed by atoms with van der Waals surface area (Å²) in [4.78, 5) is 38.2. The Morgan fingerprint density at radius 3 is 0.853 bits per heavy atom. The lowest BCUT2D eigenvalue weighted by atomic mass is 10.0. The molecule has 6 heteroatoms. The lowest BCUT2D eigenvalue weighted by molar-refractivity contribution is -0.167. The number of carbonyl (C=O) groups is 3. The molecular formula is C62H114O6. The van der Waals surface area contributed by atoms with Gasteiger partial charge in [-0.2, -0.15) is 0 Å². The summed E-state index contributed by atoms with van der Waals surface area (Å²) in [5.41, 5.74) is 0. The maximum atomic E-state index is 12.9. The van der Waals surface area contributed by atoms with Gasteiger partial charge in [0.2, 0.25) is 0 Å². The van der Waals surface area contributed by atoms with E-state index in [-0.39, 0.29) is 31.1 Å². The fourth-order valence-corrected chi connectivity index (χ4v) is 8.82. The van der Waals surface area contributed by atoms with Crippen LogP contribution in [-0.4, -0.2) is 37.2 Å². The second-order valence-electron chi connectivity index (χ2n) is 20.3. The van der Waals surface area contributed by atoms with Crippen LogP contribution in [-0.2, 0) is 28.6 Å². The normalized spacial score (nSPS) is 12.2. The van der Waals surface area contributed by atoms with E-state index in [1.807, 2.05) is 0 Å². The van der Waals surface area contributed by atoms with Crippen molar-refractivity contribution >= 4 is 17.9 Å². The zero-order valence-electron chi connectivity index (χ0n) is 45.6. The number of esters is 3. The highest BCUT2D eigenvalue weighted by atomic mass is 16.6. The maximum absolute atomic E-state index is 12.9. The van der Waals surface area contributed by atoms with Gasteiger partial charge in [-0.25, -0.2) is 0 Å². The van der Waals surface area contributed by atoms with Gasteiger partial charge in [-0.1, -0.05) is 263 Å². The van der Waals surface area contributed by atoms with Crippen molar-refractivity contribution in [3.8, 4) is 0 Å². The molecule has 0 saturated heterocycles. The summed E-state index contributed by atoms with van der Waals surface area (Å²) in [5.74, 6) is -0.861. The Bertz CT molecular complexity index is 1140. The third-order valence-electron chi connectivity index (χ3n) is 13.4. The fraction of sp³-hybridized carbons (Fsp3) is 0.855. The molecule has 0 saturated carbocycles. The number of hydrogen-bond acceptors (Lipinski definition) is 6. The highest BCUT2D eigenvalue weighted by molar-refractivity contribution is 5.71. The largest absolute Gasteiger partial charge is 0.462 e. The van der Waals surface area contributed by atoms with E-state index in [2.05, 4.69) is 57.2 Å². The lowest BCUT2D eigenvalue weighted by Crippen LogP contribution is -2.30. The van der Waals surface area contributed by atoms with Crippen LogP contribution in [0.2, 0.25) is 0 Å². The Kier molecular flexibility index (Phi) is 55.2. The highest BCUT2D eigenvalue weighted by Gasteiger charge is 2.19. The number of rotatable bonds is 55. The maximum Gasteiger partial charge on any atom is 0.306 e. The van der Waals surface area contributed by atoms with Crippen LogP contribution in [0.25, 0.3) is 0 Å². The van der Waals surface area contributed by atoms with E-state index in [0.29, 0.717) is 19.3 Å². The van der Waals surface area contributed by atoms with Crippen LogP contribution in [0.15, 0.2) is 36.5 Å². The molecule has 1 unspecified atom stereocenters. The van der Waals surface area contributed by atoms with Crippen LogP contribution >= 0.6 is 0 Å². The van der Waals surface area contributed by atoms with Crippen LogP contribution in [0, 0.1) is 0 Å². The third-order valence-corrected chi connectivity index (χ3v) is 13.4. The van der Waals surface area contributed by atoms with Gasteiger partial charge in [0.1, 0.15) is 13.2 Å². The predicted octanol–water partition coefficient (Wildman–Crippen LogP) is 20.0. The van der Waals surface area contributed by atoms with Gasteiger partial charge in [0.25, 0.3) is 0 Å². The molecule has 0 amide bonds. The number of hydrogen-bond donors (Lipinski definition) is 0. The SMILES string of the molecule is CCCCC/C=C\C/C=C\CCCCCCCCCCCC(=O)OCC(COC(=O)CCCCCCCCCCCCCCC)OC(=O)CCCCCCCCC/C=C\CCCCCCCCC. The molecule has 0 aromatic rings. The van der Waals surface area contributed by atoms with Crippen LogP contribution in [0.4, 0.5) is 0 Å². The van der Waals surface area contributed by atoms with Crippen LogP contribution < -0.4 is 0 Å². The molecule has 1 atom stereocenters. The van der Waals surface area contributed by atoms with E-state index in [0.717, 1.165) is 64.2 Å². The van der Waals surface area contributed by atoms with Gasteiger partial charge in [0.05, 0.1) is 0 Å². The van der Waals surface area contributed by atoms with Gasteiger partial charge in [-0.05, 0) is 77.0 Å². The first kappa shape index (κ1) is 65.6. The van der Waals surface area contributed by atoms with Crippen LogP contribution in [0.5, 0.6) is 0 Å². The number of allylic oxidation sites excluding steroid dienone is 6. The van der Waals surface area contributed by atoms with Crippen molar-refractivity contribution in [2.45, 2.75) is 329 Å². The molecule has 68 heavy (non-hydrogen) atoms. The van der Waals surface area contributed by atoms with E-state index in [1.165, 1.54) is 218 Å². The van der Waals surface area contributed by atoms with E-state index in [1.54, 1.807) is 0 Å². The number of carbonyl (C=O) groups excluding carboxylic acids is 3. The molecular weight excluding hydrogens is 841 g/mol. The number of ether oxygens (including phenoxy) is 3. The molecule has 0 rings (SSSR count). The van der Waals surface area contributed by atoms with Gasteiger partial charge in [0, 0.05) is 19.3 Å². The van der Waals surface area contributed by atoms with Crippen LogP contribution in [0.1, 0.15) is 323 Å². The van der Waals surface area contributed by atoms with Crippen molar-refractivity contribution < 1.29 is 28.6 Å². The third kappa shape index (κ3) is 54.6. The second kappa shape index (κ2) is 57.2. The van der Waals surface area contributed by atoms with Crippen molar-refractivity contribution in [1.82, 2.24) is 0 Å². The summed E-state index contributed by atoms with van der Waals surface area (Å²) < 4.78 is 16.9. The summed E-state index contributed by atoms with van der Waals surface area (Å²) in [5, 5.41) is 0. The van der Waals surface area contributed by atoms with E-state index < -0.39 is 6.10 Å². The fourth-order valence-electron chi connectivity index (χ4n) is 8.82. The van der Waals surface area contributed by atoms with Crippen molar-refractivity contribution in [3.63, 3.8) is 0 Å². The Balaban J connectivity index is 4.33. The molecule has 0 radical (unpaired) electrons.